The van der Waals surface area contributed by atoms with Crippen molar-refractivity contribution in [1.82, 2.24) is 10.1 Å². The molecular formula is C7H8N2O2S. The van der Waals surface area contributed by atoms with Crippen molar-refractivity contribution in [3.05, 3.63) is 27.6 Å². The van der Waals surface area contributed by atoms with E-state index in [-0.39, 0.29) is 1.43 Å². The second kappa shape index (κ2) is 2.60. The van der Waals surface area contributed by atoms with Gasteiger partial charge in [-0.3, -0.25) is 9.51 Å². The lowest BCUT2D eigenvalue weighted by Crippen LogP contribution is -1.94. The van der Waals surface area contributed by atoms with Crippen LogP contribution in [-0.4, -0.2) is 10.1 Å². The Bertz CT molecular complexity index is 445. The van der Waals surface area contributed by atoms with E-state index in [1.807, 2.05) is 18.4 Å². The molecule has 0 aliphatic carbocycles. The molecule has 64 valence electrons. The summed E-state index contributed by atoms with van der Waals surface area (Å²) in [7, 11) is 0. The van der Waals surface area contributed by atoms with Crippen LogP contribution in [0.4, 0.5) is 0 Å². The minimum absolute atomic E-state index is 0. The lowest BCUT2D eigenvalue weighted by molar-refractivity contribution is 0.388. The number of nitrogens with one attached hydrogen (secondary N) is 1. The molecule has 1 N–H and O–H groups in total. The normalized spacial score (nSPS) is 10.4. The highest BCUT2D eigenvalue weighted by Crippen LogP contribution is 2.24. The number of aromatic amines is 1. The van der Waals surface area contributed by atoms with Crippen molar-refractivity contribution < 1.29 is 5.95 Å². The highest BCUT2D eigenvalue weighted by Gasteiger charge is 2.07. The Balaban J connectivity index is 0.000000845. The van der Waals surface area contributed by atoms with Gasteiger partial charge >= 0.3 is 5.76 Å². The molecule has 0 aliphatic rings. The standard InChI is InChI=1S/C7H6N2O2S.H2/c1-4-2-3-12-5(4)6-8-7(10)11-9-6;/h2-3H,1H3,(H,8,9,10);1H. The Kier molecular flexibility index (Phi) is 1.58. The van der Waals surface area contributed by atoms with Gasteiger partial charge in [0.25, 0.3) is 0 Å². The minimum Gasteiger partial charge on any atom is -0.296 e. The monoisotopic (exact) mass is 184 g/mol. The van der Waals surface area contributed by atoms with Gasteiger partial charge in [-0.15, -0.1) is 11.3 Å². The predicted octanol–water partition coefficient (Wildman–Crippen LogP) is 1.65. The van der Waals surface area contributed by atoms with Crippen LogP contribution in [0.1, 0.15) is 6.99 Å². The summed E-state index contributed by atoms with van der Waals surface area (Å²) in [6.07, 6.45) is 0. The molecule has 0 spiro atoms. The molecule has 12 heavy (non-hydrogen) atoms. The molecule has 2 aromatic heterocycles. The van der Waals surface area contributed by atoms with Crippen LogP contribution >= 0.6 is 11.3 Å². The number of nitrogens with zero attached hydrogens (tertiary/aromatic N) is 1. The van der Waals surface area contributed by atoms with Crippen LogP contribution in [0, 0.1) is 6.92 Å². The number of hydrogen-bond acceptors (Lipinski definition) is 4. The Morgan fingerprint density at radius 1 is 1.75 bits per heavy atom. The van der Waals surface area contributed by atoms with Gasteiger partial charge in [0, 0.05) is 1.43 Å². The van der Waals surface area contributed by atoms with Crippen LogP contribution in [0.3, 0.4) is 0 Å². The Hall–Kier alpha value is -1.36. The summed E-state index contributed by atoms with van der Waals surface area (Å²) in [6.45, 7) is 1.96. The van der Waals surface area contributed by atoms with Crippen molar-refractivity contribution in [1.29, 1.82) is 0 Å². The molecule has 0 amide bonds. The number of rotatable bonds is 1. The van der Waals surface area contributed by atoms with Crippen molar-refractivity contribution in [2.75, 3.05) is 0 Å². The Morgan fingerprint density at radius 2 is 2.58 bits per heavy atom. The van der Waals surface area contributed by atoms with Gasteiger partial charge < -0.3 is 0 Å². The van der Waals surface area contributed by atoms with Crippen molar-refractivity contribution in [3.8, 4) is 10.7 Å². The maximum absolute atomic E-state index is 10.6. The summed E-state index contributed by atoms with van der Waals surface area (Å²) in [6, 6.07) is 1.97. The van der Waals surface area contributed by atoms with E-state index in [1.165, 1.54) is 11.3 Å². The average Bonchev–Trinajstić information content (AvgIpc) is 2.58. The summed E-state index contributed by atoms with van der Waals surface area (Å²) in [4.78, 5) is 14.1. The summed E-state index contributed by atoms with van der Waals surface area (Å²) in [5.74, 6) is -0.00898. The van der Waals surface area contributed by atoms with Crippen LogP contribution in [0.15, 0.2) is 20.8 Å². The van der Waals surface area contributed by atoms with Crippen molar-refractivity contribution >= 4 is 11.3 Å². The molecule has 0 fully saturated rings. The Labute approximate surface area is 73.3 Å². The van der Waals surface area contributed by atoms with E-state index in [9.17, 15) is 4.79 Å². The molecular weight excluding hydrogens is 176 g/mol. The first-order valence-electron chi connectivity index (χ1n) is 3.38. The highest BCUT2D eigenvalue weighted by molar-refractivity contribution is 7.13. The zero-order valence-electron chi connectivity index (χ0n) is 6.33. The lowest BCUT2D eigenvalue weighted by atomic mass is 10.3. The van der Waals surface area contributed by atoms with E-state index in [0.29, 0.717) is 5.82 Å². The van der Waals surface area contributed by atoms with E-state index in [4.69, 9.17) is 0 Å². The summed E-state index contributed by atoms with van der Waals surface area (Å²) in [5.41, 5.74) is 1.09. The SMILES string of the molecule is Cc1ccsc1-c1noc(=O)[nH]1.[HH]. The smallest absolute Gasteiger partial charge is 0.296 e. The maximum atomic E-state index is 10.6. The van der Waals surface area contributed by atoms with Crippen LogP contribution < -0.4 is 5.76 Å². The van der Waals surface area contributed by atoms with Gasteiger partial charge in [0.2, 0.25) is 0 Å². The number of aryl methyl sites for hydroxylation is 1. The van der Waals surface area contributed by atoms with E-state index in [0.717, 1.165) is 10.4 Å². The molecule has 2 heterocycles. The minimum atomic E-state index is -0.516. The van der Waals surface area contributed by atoms with E-state index in [2.05, 4.69) is 14.7 Å². The van der Waals surface area contributed by atoms with Crippen molar-refractivity contribution in [2.45, 2.75) is 6.92 Å². The molecule has 0 saturated heterocycles. The molecule has 0 radical (unpaired) electrons. The molecule has 0 atom stereocenters. The zero-order chi connectivity index (χ0) is 8.55. The summed E-state index contributed by atoms with van der Waals surface area (Å²) < 4.78 is 4.39. The Morgan fingerprint density at radius 3 is 3.08 bits per heavy atom. The molecule has 2 aromatic rings. The first kappa shape index (κ1) is 7.30. The highest BCUT2D eigenvalue weighted by atomic mass is 32.1. The topological polar surface area (TPSA) is 58.9 Å². The predicted molar refractivity (Wildman–Crippen MR) is 47.3 cm³/mol. The molecule has 0 aromatic carbocycles. The van der Waals surface area contributed by atoms with Gasteiger partial charge in [0.15, 0.2) is 5.82 Å². The fourth-order valence-corrected chi connectivity index (χ4v) is 1.81. The fourth-order valence-electron chi connectivity index (χ4n) is 0.943. The van der Waals surface area contributed by atoms with Gasteiger partial charge in [0.1, 0.15) is 0 Å². The van der Waals surface area contributed by atoms with E-state index in [1.54, 1.807) is 0 Å². The number of aromatic nitrogens is 2. The number of H-pyrrole nitrogens is 1. The van der Waals surface area contributed by atoms with Gasteiger partial charge in [0.05, 0.1) is 4.88 Å². The van der Waals surface area contributed by atoms with Crippen molar-refractivity contribution in [2.24, 2.45) is 0 Å². The third-order valence-corrected chi connectivity index (χ3v) is 2.54. The summed E-state index contributed by atoms with van der Waals surface area (Å²) in [5, 5.41) is 5.53. The van der Waals surface area contributed by atoms with Gasteiger partial charge in [-0.1, -0.05) is 5.16 Å². The quantitative estimate of drug-likeness (QED) is 0.733. The molecule has 5 heteroatoms. The fraction of sp³-hybridized carbons (Fsp3) is 0.143. The number of hydrogen-bond donors (Lipinski definition) is 1. The maximum Gasteiger partial charge on any atom is 0.439 e. The molecule has 0 aliphatic heterocycles. The second-order valence-corrected chi connectivity index (χ2v) is 3.29. The zero-order valence-corrected chi connectivity index (χ0v) is 7.14. The third-order valence-electron chi connectivity index (χ3n) is 1.52. The molecule has 0 saturated carbocycles. The molecule has 2 rings (SSSR count). The van der Waals surface area contributed by atoms with E-state index >= 15 is 0 Å². The van der Waals surface area contributed by atoms with Crippen LogP contribution in [0.25, 0.3) is 10.7 Å². The molecule has 0 bridgehead atoms. The summed E-state index contributed by atoms with van der Waals surface area (Å²) >= 11 is 1.52. The van der Waals surface area contributed by atoms with Gasteiger partial charge in [-0.05, 0) is 23.9 Å². The van der Waals surface area contributed by atoms with Crippen LogP contribution in [-0.2, 0) is 0 Å². The van der Waals surface area contributed by atoms with Crippen LogP contribution in [0.5, 0.6) is 0 Å². The second-order valence-electron chi connectivity index (χ2n) is 2.38. The molecule has 0 unspecified atom stereocenters. The van der Waals surface area contributed by atoms with Gasteiger partial charge in [-0.25, -0.2) is 4.79 Å². The van der Waals surface area contributed by atoms with E-state index < -0.39 is 5.76 Å². The largest absolute Gasteiger partial charge is 0.439 e. The third kappa shape index (κ3) is 1.08. The average molecular weight is 184 g/mol. The van der Waals surface area contributed by atoms with Crippen molar-refractivity contribution in [3.63, 3.8) is 0 Å². The first-order valence-corrected chi connectivity index (χ1v) is 4.26. The lowest BCUT2D eigenvalue weighted by Gasteiger charge is -1.88. The first-order chi connectivity index (χ1) is 5.77. The molecule has 4 nitrogen and oxygen atoms in total. The van der Waals surface area contributed by atoms with Gasteiger partial charge in [-0.2, -0.15) is 0 Å². The number of thiophene rings is 1. The van der Waals surface area contributed by atoms with Crippen LogP contribution in [0.2, 0.25) is 0 Å².